The first-order valence-electron chi connectivity index (χ1n) is 9.07. The molecule has 4 heterocycles. The van der Waals surface area contributed by atoms with E-state index in [1.165, 1.54) is 13.0 Å². The molecule has 5 heteroatoms. The minimum absolute atomic E-state index is 0.164. The number of nitrogens with zero attached hydrogens (tertiary/aromatic N) is 2. The van der Waals surface area contributed by atoms with Crippen molar-refractivity contribution in [2.24, 2.45) is 5.92 Å². The number of ether oxygens (including phenoxy) is 2. The summed E-state index contributed by atoms with van der Waals surface area (Å²) in [5, 5.41) is 0. The molecule has 0 aliphatic carbocycles. The van der Waals surface area contributed by atoms with Crippen LogP contribution in [0.25, 0.3) is 0 Å². The normalized spacial score (nSPS) is 37.5. The Bertz CT molecular complexity index is 405. The number of likely N-dealkylation sites (tertiary alicyclic amines) is 2. The third kappa shape index (κ3) is 2.91. The number of piperidine rings is 1. The zero-order chi connectivity index (χ0) is 14.9. The maximum Gasteiger partial charge on any atom is 0.251 e. The largest absolute Gasteiger partial charge is 0.381 e. The van der Waals surface area contributed by atoms with E-state index in [9.17, 15) is 4.79 Å². The predicted molar refractivity (Wildman–Crippen MR) is 82.6 cm³/mol. The second kappa shape index (κ2) is 6.46. The minimum atomic E-state index is -0.164. The minimum Gasteiger partial charge on any atom is -0.381 e. The monoisotopic (exact) mass is 308 g/mol. The number of carbonyl (C=O) groups is 1. The molecule has 4 fully saturated rings. The van der Waals surface area contributed by atoms with Crippen LogP contribution in [0.15, 0.2) is 0 Å². The van der Waals surface area contributed by atoms with Gasteiger partial charge in [-0.3, -0.25) is 9.69 Å². The lowest BCUT2D eigenvalue weighted by atomic mass is 9.90. The molecule has 4 saturated heterocycles. The highest BCUT2D eigenvalue weighted by Crippen LogP contribution is 2.35. The number of rotatable bonds is 2. The number of hydrogen-bond acceptors (Lipinski definition) is 4. The van der Waals surface area contributed by atoms with Gasteiger partial charge < -0.3 is 14.4 Å². The van der Waals surface area contributed by atoms with Crippen LogP contribution >= 0.6 is 0 Å². The topological polar surface area (TPSA) is 42.0 Å². The highest BCUT2D eigenvalue weighted by atomic mass is 16.5. The summed E-state index contributed by atoms with van der Waals surface area (Å²) in [7, 11) is 0. The van der Waals surface area contributed by atoms with Gasteiger partial charge >= 0.3 is 0 Å². The smallest absolute Gasteiger partial charge is 0.251 e. The molecule has 0 radical (unpaired) electrons. The van der Waals surface area contributed by atoms with Gasteiger partial charge in [0.25, 0.3) is 5.91 Å². The predicted octanol–water partition coefficient (Wildman–Crippen LogP) is 1.27. The lowest BCUT2D eigenvalue weighted by Gasteiger charge is -2.40. The fraction of sp³-hybridized carbons (Fsp3) is 0.941. The molecule has 124 valence electrons. The van der Waals surface area contributed by atoms with E-state index in [0.717, 1.165) is 65.0 Å². The lowest BCUT2D eigenvalue weighted by Crippen LogP contribution is -2.49. The number of amides is 1. The summed E-state index contributed by atoms with van der Waals surface area (Å²) in [6, 6.07) is 0.659. The maximum atomic E-state index is 12.5. The van der Waals surface area contributed by atoms with Crippen LogP contribution in [-0.4, -0.2) is 73.3 Å². The van der Waals surface area contributed by atoms with E-state index in [-0.39, 0.29) is 18.1 Å². The molecular formula is C17H28N2O3. The molecule has 0 aromatic heterocycles. The van der Waals surface area contributed by atoms with Crippen LogP contribution < -0.4 is 0 Å². The first kappa shape index (κ1) is 14.9. The lowest BCUT2D eigenvalue weighted by molar-refractivity contribution is -0.142. The summed E-state index contributed by atoms with van der Waals surface area (Å²) < 4.78 is 11.7. The van der Waals surface area contributed by atoms with E-state index in [2.05, 4.69) is 4.90 Å². The van der Waals surface area contributed by atoms with E-state index < -0.39 is 0 Å². The molecule has 3 atom stereocenters. The van der Waals surface area contributed by atoms with Crippen molar-refractivity contribution in [1.82, 2.24) is 9.80 Å². The second-order valence-electron chi connectivity index (χ2n) is 7.32. The van der Waals surface area contributed by atoms with Crippen molar-refractivity contribution in [2.75, 3.05) is 39.4 Å². The Morgan fingerprint density at radius 1 is 1.00 bits per heavy atom. The Kier molecular flexibility index (Phi) is 4.38. The standard InChI is InChI=1S/C17H28N2O3/c20-17(18-6-1-2-7-18)15-11-13-3-8-19(12-16(13)22-15)14-4-9-21-10-5-14/h13-16H,1-12H2/t13-,15+,16-/m0/s1. The Morgan fingerprint density at radius 2 is 1.77 bits per heavy atom. The fourth-order valence-electron chi connectivity index (χ4n) is 4.64. The first-order valence-corrected chi connectivity index (χ1v) is 9.07. The van der Waals surface area contributed by atoms with E-state index in [1.54, 1.807) is 0 Å². The van der Waals surface area contributed by atoms with Crippen LogP contribution in [0.4, 0.5) is 0 Å². The van der Waals surface area contributed by atoms with Gasteiger partial charge in [0, 0.05) is 38.9 Å². The molecule has 22 heavy (non-hydrogen) atoms. The van der Waals surface area contributed by atoms with Gasteiger partial charge in [-0.2, -0.15) is 0 Å². The van der Waals surface area contributed by atoms with Crippen molar-refractivity contribution in [3.63, 3.8) is 0 Å². The van der Waals surface area contributed by atoms with Crippen molar-refractivity contribution in [1.29, 1.82) is 0 Å². The van der Waals surface area contributed by atoms with Gasteiger partial charge in [-0.25, -0.2) is 0 Å². The van der Waals surface area contributed by atoms with Crippen LogP contribution in [0, 0.1) is 5.92 Å². The van der Waals surface area contributed by atoms with Crippen molar-refractivity contribution in [3.05, 3.63) is 0 Å². The van der Waals surface area contributed by atoms with Gasteiger partial charge in [0.2, 0.25) is 0 Å². The highest BCUT2D eigenvalue weighted by Gasteiger charge is 2.44. The Labute approximate surface area is 132 Å². The van der Waals surface area contributed by atoms with Crippen molar-refractivity contribution in [2.45, 2.75) is 56.8 Å². The Hall–Kier alpha value is -0.650. The van der Waals surface area contributed by atoms with E-state index in [4.69, 9.17) is 9.47 Å². The van der Waals surface area contributed by atoms with E-state index >= 15 is 0 Å². The van der Waals surface area contributed by atoms with Gasteiger partial charge in [-0.1, -0.05) is 0 Å². The maximum absolute atomic E-state index is 12.5. The number of carbonyl (C=O) groups excluding carboxylic acids is 1. The molecule has 4 aliphatic heterocycles. The number of hydrogen-bond donors (Lipinski definition) is 0. The summed E-state index contributed by atoms with van der Waals surface area (Å²) in [5.74, 6) is 0.845. The van der Waals surface area contributed by atoms with E-state index in [1.807, 2.05) is 4.90 Å². The highest BCUT2D eigenvalue weighted by molar-refractivity contribution is 5.81. The summed E-state index contributed by atoms with van der Waals surface area (Å²) in [5.41, 5.74) is 0. The van der Waals surface area contributed by atoms with Gasteiger partial charge in [-0.05, 0) is 51.0 Å². The van der Waals surface area contributed by atoms with Gasteiger partial charge in [0.15, 0.2) is 0 Å². The van der Waals surface area contributed by atoms with Crippen LogP contribution in [0.5, 0.6) is 0 Å². The molecule has 0 N–H and O–H groups in total. The molecule has 0 bridgehead atoms. The molecular weight excluding hydrogens is 280 g/mol. The van der Waals surface area contributed by atoms with Gasteiger partial charge in [-0.15, -0.1) is 0 Å². The SMILES string of the molecule is O=C([C@H]1C[C@@H]2CCN(C3CCOCC3)C[C@@H]2O1)N1CCCC1. The molecule has 0 spiro atoms. The molecule has 4 rings (SSSR count). The van der Waals surface area contributed by atoms with Crippen molar-refractivity contribution >= 4 is 5.91 Å². The second-order valence-corrected chi connectivity index (χ2v) is 7.32. The third-order valence-corrected chi connectivity index (χ3v) is 5.98. The Morgan fingerprint density at radius 3 is 2.55 bits per heavy atom. The molecule has 4 aliphatic rings. The average molecular weight is 308 g/mol. The first-order chi connectivity index (χ1) is 10.8. The van der Waals surface area contributed by atoms with Crippen molar-refractivity contribution < 1.29 is 14.3 Å². The van der Waals surface area contributed by atoms with Crippen molar-refractivity contribution in [3.8, 4) is 0 Å². The average Bonchev–Trinajstić information content (AvgIpc) is 3.23. The van der Waals surface area contributed by atoms with Crippen LogP contribution in [0.1, 0.15) is 38.5 Å². The zero-order valence-corrected chi connectivity index (χ0v) is 13.4. The molecule has 1 amide bonds. The number of fused-ring (bicyclic) bond motifs is 1. The molecule has 0 aromatic rings. The van der Waals surface area contributed by atoms with Gasteiger partial charge in [0.1, 0.15) is 6.10 Å². The van der Waals surface area contributed by atoms with Crippen LogP contribution in [0.2, 0.25) is 0 Å². The summed E-state index contributed by atoms with van der Waals surface area (Å²) >= 11 is 0. The zero-order valence-electron chi connectivity index (χ0n) is 13.4. The van der Waals surface area contributed by atoms with Crippen LogP contribution in [0.3, 0.4) is 0 Å². The van der Waals surface area contributed by atoms with Crippen LogP contribution in [-0.2, 0) is 14.3 Å². The molecule has 5 nitrogen and oxygen atoms in total. The summed E-state index contributed by atoms with van der Waals surface area (Å²) in [6.07, 6.45) is 6.84. The molecule has 0 aromatic carbocycles. The summed E-state index contributed by atoms with van der Waals surface area (Å²) in [6.45, 7) is 5.84. The molecule has 0 unspecified atom stereocenters. The Balaban J connectivity index is 1.34. The quantitative estimate of drug-likeness (QED) is 0.770. The van der Waals surface area contributed by atoms with Gasteiger partial charge in [0.05, 0.1) is 6.10 Å². The third-order valence-electron chi connectivity index (χ3n) is 5.98. The fourth-order valence-corrected chi connectivity index (χ4v) is 4.64. The molecule has 0 saturated carbocycles. The summed E-state index contributed by atoms with van der Waals surface area (Å²) in [4.78, 5) is 17.1. The van der Waals surface area contributed by atoms with E-state index in [0.29, 0.717) is 12.0 Å².